The average molecular weight is 350 g/mol. The monoisotopic (exact) mass is 350 g/mol. The SMILES string of the molecule is Nc1ccc(CCCOc2cc(N)n3nc(-c4ccco4)nc3n2)cc1. The molecule has 3 heterocycles. The minimum atomic E-state index is 0.366. The highest BCUT2D eigenvalue weighted by molar-refractivity contribution is 5.53. The third-order valence-electron chi connectivity index (χ3n) is 3.90. The van der Waals surface area contributed by atoms with Crippen LogP contribution >= 0.6 is 0 Å². The van der Waals surface area contributed by atoms with Gasteiger partial charge >= 0.3 is 0 Å². The fourth-order valence-corrected chi connectivity index (χ4v) is 2.59. The summed E-state index contributed by atoms with van der Waals surface area (Å²) in [5.41, 5.74) is 13.7. The Morgan fingerprint density at radius 1 is 1.08 bits per heavy atom. The van der Waals surface area contributed by atoms with Gasteiger partial charge in [-0.1, -0.05) is 12.1 Å². The Balaban J connectivity index is 1.42. The number of aromatic nitrogens is 4. The average Bonchev–Trinajstić information content (AvgIpc) is 3.30. The molecule has 0 radical (unpaired) electrons. The first-order valence-electron chi connectivity index (χ1n) is 8.23. The molecular weight excluding hydrogens is 332 g/mol. The molecule has 1 aromatic carbocycles. The summed E-state index contributed by atoms with van der Waals surface area (Å²) in [5, 5.41) is 4.30. The lowest BCUT2D eigenvalue weighted by atomic mass is 10.1. The number of rotatable bonds is 6. The fourth-order valence-electron chi connectivity index (χ4n) is 2.59. The van der Waals surface area contributed by atoms with Gasteiger partial charge in [0.1, 0.15) is 5.82 Å². The standard InChI is InChI=1S/C18H18N6O2/c19-13-7-5-12(6-8-13)3-1-10-26-16-11-15(20)24-18(21-16)22-17(23-24)14-4-2-9-25-14/h2,4-9,11H,1,3,10,19-20H2. The summed E-state index contributed by atoms with van der Waals surface area (Å²) < 4.78 is 12.5. The number of hydrogen-bond acceptors (Lipinski definition) is 7. The van der Waals surface area contributed by atoms with Crippen molar-refractivity contribution >= 4 is 17.3 Å². The van der Waals surface area contributed by atoms with E-state index >= 15 is 0 Å². The molecule has 4 N–H and O–H groups in total. The van der Waals surface area contributed by atoms with Gasteiger partial charge in [0.2, 0.25) is 11.7 Å². The number of hydrogen-bond donors (Lipinski definition) is 2. The Bertz CT molecular complexity index is 1010. The number of nitrogens with zero attached hydrogens (tertiary/aromatic N) is 4. The molecule has 0 fully saturated rings. The van der Waals surface area contributed by atoms with E-state index in [0.717, 1.165) is 18.5 Å². The first kappa shape index (κ1) is 15.9. The van der Waals surface area contributed by atoms with Crippen LogP contribution in [0.5, 0.6) is 5.88 Å². The maximum absolute atomic E-state index is 6.03. The molecule has 26 heavy (non-hydrogen) atoms. The van der Waals surface area contributed by atoms with E-state index in [4.69, 9.17) is 20.6 Å². The first-order valence-corrected chi connectivity index (χ1v) is 8.23. The van der Waals surface area contributed by atoms with E-state index in [2.05, 4.69) is 15.1 Å². The molecule has 0 bridgehead atoms. The Morgan fingerprint density at radius 3 is 2.69 bits per heavy atom. The second-order valence-electron chi connectivity index (χ2n) is 5.84. The summed E-state index contributed by atoms with van der Waals surface area (Å²) >= 11 is 0. The van der Waals surface area contributed by atoms with Gasteiger partial charge in [0.05, 0.1) is 12.9 Å². The summed E-state index contributed by atoms with van der Waals surface area (Å²) in [6.07, 6.45) is 3.31. The van der Waals surface area contributed by atoms with Crippen LogP contribution in [-0.2, 0) is 6.42 Å². The predicted molar refractivity (Wildman–Crippen MR) is 97.6 cm³/mol. The van der Waals surface area contributed by atoms with Crippen LogP contribution in [0.1, 0.15) is 12.0 Å². The number of anilines is 2. The Kier molecular flexibility index (Phi) is 4.14. The van der Waals surface area contributed by atoms with Crippen molar-refractivity contribution in [1.82, 2.24) is 19.6 Å². The van der Waals surface area contributed by atoms with Gasteiger partial charge < -0.3 is 20.6 Å². The zero-order chi connectivity index (χ0) is 17.9. The van der Waals surface area contributed by atoms with Crippen LogP contribution in [0.4, 0.5) is 11.5 Å². The van der Waals surface area contributed by atoms with Crippen molar-refractivity contribution < 1.29 is 9.15 Å². The van der Waals surface area contributed by atoms with Crippen LogP contribution in [0, 0.1) is 0 Å². The Hall–Kier alpha value is -3.55. The largest absolute Gasteiger partial charge is 0.477 e. The van der Waals surface area contributed by atoms with Gasteiger partial charge in [-0.2, -0.15) is 14.5 Å². The summed E-state index contributed by atoms with van der Waals surface area (Å²) in [6, 6.07) is 13.0. The number of furan rings is 1. The molecule has 3 aromatic heterocycles. The van der Waals surface area contributed by atoms with Crippen LogP contribution < -0.4 is 16.2 Å². The molecule has 0 unspecified atom stereocenters. The summed E-state index contributed by atoms with van der Waals surface area (Å²) in [7, 11) is 0. The van der Waals surface area contributed by atoms with Crippen molar-refractivity contribution in [1.29, 1.82) is 0 Å². The lowest BCUT2D eigenvalue weighted by Crippen LogP contribution is -2.05. The van der Waals surface area contributed by atoms with Crippen LogP contribution in [0.2, 0.25) is 0 Å². The van der Waals surface area contributed by atoms with Gasteiger partial charge in [-0.3, -0.25) is 0 Å². The number of fused-ring (bicyclic) bond motifs is 1. The summed E-state index contributed by atoms with van der Waals surface area (Å²) in [6.45, 7) is 0.520. The molecule has 0 aliphatic rings. The van der Waals surface area contributed by atoms with E-state index in [9.17, 15) is 0 Å². The van der Waals surface area contributed by atoms with Gasteiger partial charge in [0.25, 0.3) is 5.78 Å². The van der Waals surface area contributed by atoms with Gasteiger partial charge in [-0.05, 0) is 42.7 Å². The van der Waals surface area contributed by atoms with Crippen molar-refractivity contribution in [2.75, 3.05) is 18.1 Å². The van der Waals surface area contributed by atoms with E-state index in [1.165, 1.54) is 10.1 Å². The quantitative estimate of drug-likeness (QED) is 0.405. The number of aryl methyl sites for hydroxylation is 1. The van der Waals surface area contributed by atoms with Crippen molar-refractivity contribution in [3.8, 4) is 17.5 Å². The molecule has 0 atom stereocenters. The molecular formula is C18H18N6O2. The highest BCUT2D eigenvalue weighted by Crippen LogP contribution is 2.20. The number of nitrogen functional groups attached to an aromatic ring is 2. The van der Waals surface area contributed by atoms with Crippen LogP contribution in [0.3, 0.4) is 0 Å². The highest BCUT2D eigenvalue weighted by Gasteiger charge is 2.13. The van der Waals surface area contributed by atoms with Crippen molar-refractivity contribution in [2.24, 2.45) is 0 Å². The summed E-state index contributed by atoms with van der Waals surface area (Å²) in [4.78, 5) is 8.69. The topological polar surface area (TPSA) is 117 Å². The zero-order valence-corrected chi connectivity index (χ0v) is 14.0. The summed E-state index contributed by atoms with van der Waals surface area (Å²) in [5.74, 6) is 2.17. The first-order chi connectivity index (χ1) is 12.7. The van der Waals surface area contributed by atoms with E-state index in [0.29, 0.717) is 35.7 Å². The Labute approximate surface area is 149 Å². The maximum atomic E-state index is 6.03. The molecule has 4 aromatic rings. The molecule has 4 rings (SSSR count). The minimum Gasteiger partial charge on any atom is -0.477 e. The number of nitrogens with two attached hydrogens (primary N) is 2. The molecule has 0 saturated heterocycles. The number of benzene rings is 1. The predicted octanol–water partition coefficient (Wildman–Crippen LogP) is 2.56. The van der Waals surface area contributed by atoms with E-state index < -0.39 is 0 Å². The highest BCUT2D eigenvalue weighted by atomic mass is 16.5. The number of ether oxygens (including phenoxy) is 1. The van der Waals surface area contributed by atoms with Crippen LogP contribution in [-0.4, -0.2) is 26.2 Å². The maximum Gasteiger partial charge on any atom is 0.258 e. The molecule has 8 heteroatoms. The van der Waals surface area contributed by atoms with Gasteiger partial charge in [-0.15, -0.1) is 5.10 Å². The van der Waals surface area contributed by atoms with Crippen LogP contribution in [0.15, 0.2) is 53.1 Å². The Morgan fingerprint density at radius 2 is 1.92 bits per heavy atom. The molecule has 0 saturated carbocycles. The molecule has 0 aliphatic carbocycles. The molecule has 0 amide bonds. The molecule has 0 aliphatic heterocycles. The lowest BCUT2D eigenvalue weighted by Gasteiger charge is -2.06. The van der Waals surface area contributed by atoms with Gasteiger partial charge in [0, 0.05) is 11.8 Å². The van der Waals surface area contributed by atoms with Gasteiger partial charge in [-0.25, -0.2) is 0 Å². The van der Waals surface area contributed by atoms with Crippen molar-refractivity contribution in [3.63, 3.8) is 0 Å². The fraction of sp³-hybridized carbons (Fsp3) is 0.167. The minimum absolute atomic E-state index is 0.366. The molecule has 8 nitrogen and oxygen atoms in total. The van der Waals surface area contributed by atoms with E-state index in [1.54, 1.807) is 24.5 Å². The van der Waals surface area contributed by atoms with Gasteiger partial charge in [0.15, 0.2) is 5.76 Å². The molecule has 0 spiro atoms. The van der Waals surface area contributed by atoms with Crippen LogP contribution in [0.25, 0.3) is 17.4 Å². The molecule has 132 valence electrons. The second kappa shape index (κ2) is 6.75. The van der Waals surface area contributed by atoms with Crippen molar-refractivity contribution in [3.05, 3.63) is 54.3 Å². The van der Waals surface area contributed by atoms with E-state index in [-0.39, 0.29) is 0 Å². The lowest BCUT2D eigenvalue weighted by molar-refractivity contribution is 0.299. The van der Waals surface area contributed by atoms with Crippen molar-refractivity contribution in [2.45, 2.75) is 12.8 Å². The third-order valence-corrected chi connectivity index (χ3v) is 3.90. The second-order valence-corrected chi connectivity index (χ2v) is 5.84. The smallest absolute Gasteiger partial charge is 0.258 e. The third kappa shape index (κ3) is 3.30. The normalized spacial score (nSPS) is 11.1. The zero-order valence-electron chi connectivity index (χ0n) is 14.0. The van der Waals surface area contributed by atoms with E-state index in [1.807, 2.05) is 24.3 Å².